The highest BCUT2D eigenvalue weighted by Gasteiger charge is 2.10. The molecule has 0 heterocycles. The van der Waals surface area contributed by atoms with Crippen LogP contribution < -0.4 is 0 Å². The van der Waals surface area contributed by atoms with E-state index in [1.54, 1.807) is 6.07 Å². The van der Waals surface area contributed by atoms with Gasteiger partial charge in [-0.25, -0.2) is 0 Å². The third kappa shape index (κ3) is 4.86. The first-order valence-electron chi connectivity index (χ1n) is 2.86. The molecule has 0 aliphatic rings. The van der Waals surface area contributed by atoms with Crippen LogP contribution in [-0.2, 0) is 0 Å². The van der Waals surface area contributed by atoms with Crippen LogP contribution in [0.3, 0.4) is 0 Å². The van der Waals surface area contributed by atoms with E-state index in [2.05, 4.69) is 67.8 Å². The van der Waals surface area contributed by atoms with Crippen molar-refractivity contribution in [1.29, 1.82) is 0 Å². The Morgan fingerprint density at radius 2 is 1.64 bits per heavy atom. The van der Waals surface area contributed by atoms with Crippen molar-refractivity contribution in [2.45, 2.75) is 0 Å². The number of hydrogen-bond acceptors (Lipinski definition) is 1. The Hall–Kier alpha value is 1.95. The maximum absolute atomic E-state index is 10.9. The van der Waals surface area contributed by atoms with Crippen LogP contribution >= 0.6 is 104 Å². The van der Waals surface area contributed by atoms with Gasteiger partial charge in [0.25, 0.3) is 5.24 Å². The van der Waals surface area contributed by atoms with Gasteiger partial charge in [0.2, 0.25) is 0 Å². The van der Waals surface area contributed by atoms with Gasteiger partial charge in [0, 0.05) is 16.3 Å². The largest absolute Gasteiger partial charge is 0.276 e. The summed E-state index contributed by atoms with van der Waals surface area (Å²) < 4.78 is 3.01. The smallest absolute Gasteiger partial charge is 0.253 e. The molecule has 0 bridgehead atoms. The lowest BCUT2D eigenvalue weighted by Crippen LogP contribution is -1.96. The summed E-state index contributed by atoms with van der Waals surface area (Å²) in [7, 11) is 0. The Balaban J connectivity index is 0. The van der Waals surface area contributed by atoms with E-state index in [4.69, 9.17) is 11.6 Å². The molecule has 14 heavy (non-hydrogen) atoms. The molecule has 1 aromatic carbocycles. The van der Waals surface area contributed by atoms with E-state index in [1.807, 2.05) is 6.07 Å². The van der Waals surface area contributed by atoms with E-state index in [-0.39, 0.29) is 24.8 Å². The second-order valence-corrected chi connectivity index (χ2v) is 5.85. The zero-order chi connectivity index (χ0) is 9.30. The van der Waals surface area contributed by atoms with Crippen molar-refractivity contribution in [2.75, 3.05) is 0 Å². The first-order valence-corrected chi connectivity index (χ1v) is 6.48. The van der Waals surface area contributed by atoms with Gasteiger partial charge in [-0.15, -0.1) is 24.8 Å². The Kier molecular flexibility index (Phi) is 10.6. The van der Waals surface area contributed by atoms with Crippen LogP contribution in [0.25, 0.3) is 0 Å². The van der Waals surface area contributed by atoms with E-state index in [0.717, 1.165) is 10.7 Å². The highest BCUT2D eigenvalue weighted by molar-refractivity contribution is 14.1. The molecule has 0 radical (unpaired) electrons. The van der Waals surface area contributed by atoms with Crippen LogP contribution in [0, 0.1) is 10.7 Å². The normalized spacial score (nSPS) is 8.57. The summed E-state index contributed by atoms with van der Waals surface area (Å²) in [6.45, 7) is 0. The first-order chi connectivity index (χ1) is 5.52. The molecule has 0 saturated carbocycles. The summed E-state index contributed by atoms with van der Waals surface area (Å²) in [4.78, 5) is 10.9. The molecule has 0 aromatic heterocycles. The average Bonchev–Trinajstić information content (AvgIpc) is 1.96. The second kappa shape index (κ2) is 8.10. The molecule has 1 aromatic rings. The van der Waals surface area contributed by atoms with E-state index in [1.165, 1.54) is 0 Å². The molecule has 0 fully saturated rings. The summed E-state index contributed by atoms with van der Waals surface area (Å²) >= 11 is 11.9. The van der Waals surface area contributed by atoms with Gasteiger partial charge >= 0.3 is 0 Å². The minimum atomic E-state index is -0.393. The molecule has 0 aliphatic heterocycles. The number of halogens is 6. The van der Waals surface area contributed by atoms with Crippen LogP contribution in [0.2, 0.25) is 0 Å². The number of carbonyl (C=O) groups excluding carboxylic acids is 1. The van der Waals surface area contributed by atoms with E-state index < -0.39 is 5.24 Å². The number of hydrogen-bond donors (Lipinski definition) is 0. The fraction of sp³-hybridized carbons (Fsp3) is 0. The molecule has 0 saturated heterocycles. The SMILES string of the molecule is Cl.Cl.O=C(Cl)c1cc(I)cc(I)c1I. The highest BCUT2D eigenvalue weighted by atomic mass is 127. The molecule has 1 rings (SSSR count). The molecule has 0 amide bonds. The second-order valence-electron chi connectivity index (χ2n) is 2.02. The van der Waals surface area contributed by atoms with Gasteiger partial charge in [0.1, 0.15) is 0 Å². The molecular formula is C7H4Cl3I3O. The monoisotopic (exact) mass is 590 g/mol. The Bertz CT molecular complexity index is 343. The summed E-state index contributed by atoms with van der Waals surface area (Å²) in [5.41, 5.74) is 0.591. The summed E-state index contributed by atoms with van der Waals surface area (Å²) in [6, 6.07) is 3.80. The zero-order valence-corrected chi connectivity index (χ0v) is 15.3. The molecular weight excluding hydrogens is 587 g/mol. The maximum Gasteiger partial charge on any atom is 0.253 e. The number of rotatable bonds is 1. The van der Waals surface area contributed by atoms with Crippen molar-refractivity contribution in [2.24, 2.45) is 0 Å². The van der Waals surface area contributed by atoms with Gasteiger partial charge in [-0.3, -0.25) is 4.79 Å². The molecule has 0 N–H and O–H groups in total. The Morgan fingerprint density at radius 3 is 2.07 bits per heavy atom. The van der Waals surface area contributed by atoms with Crippen molar-refractivity contribution >= 4 is 109 Å². The maximum atomic E-state index is 10.9. The van der Waals surface area contributed by atoms with Crippen molar-refractivity contribution < 1.29 is 4.79 Å². The fourth-order valence-corrected chi connectivity index (χ4v) is 3.41. The van der Waals surface area contributed by atoms with Crippen molar-refractivity contribution in [1.82, 2.24) is 0 Å². The molecule has 80 valence electrons. The zero-order valence-electron chi connectivity index (χ0n) is 6.39. The number of benzene rings is 1. The predicted octanol–water partition coefficient (Wildman–Crippen LogP) is 4.72. The highest BCUT2D eigenvalue weighted by Crippen LogP contribution is 2.23. The van der Waals surface area contributed by atoms with Crippen LogP contribution in [0.4, 0.5) is 0 Å². The van der Waals surface area contributed by atoms with Gasteiger partial charge in [0.15, 0.2) is 0 Å². The third-order valence-corrected chi connectivity index (χ3v) is 5.08. The van der Waals surface area contributed by atoms with Gasteiger partial charge in [-0.05, 0) is 91.5 Å². The summed E-state index contributed by atoms with van der Waals surface area (Å²) in [5, 5.41) is -0.393. The Morgan fingerprint density at radius 1 is 1.14 bits per heavy atom. The molecule has 0 unspecified atom stereocenters. The van der Waals surface area contributed by atoms with E-state index in [0.29, 0.717) is 5.56 Å². The first kappa shape index (κ1) is 18.3. The molecule has 0 aliphatic carbocycles. The molecule has 0 atom stereocenters. The lowest BCUT2D eigenvalue weighted by Gasteiger charge is -2.02. The molecule has 7 heteroatoms. The van der Waals surface area contributed by atoms with E-state index >= 15 is 0 Å². The van der Waals surface area contributed by atoms with Crippen LogP contribution in [0.5, 0.6) is 0 Å². The minimum absolute atomic E-state index is 0. The van der Waals surface area contributed by atoms with Gasteiger partial charge < -0.3 is 0 Å². The third-order valence-electron chi connectivity index (χ3n) is 1.20. The minimum Gasteiger partial charge on any atom is -0.276 e. The van der Waals surface area contributed by atoms with Gasteiger partial charge in [0.05, 0.1) is 0 Å². The Labute approximate surface area is 140 Å². The topological polar surface area (TPSA) is 17.1 Å². The molecule has 0 spiro atoms. The van der Waals surface area contributed by atoms with Crippen molar-refractivity contribution in [3.63, 3.8) is 0 Å². The fourth-order valence-electron chi connectivity index (χ4n) is 0.699. The van der Waals surface area contributed by atoms with Gasteiger partial charge in [-0.1, -0.05) is 0 Å². The van der Waals surface area contributed by atoms with E-state index in [9.17, 15) is 4.79 Å². The van der Waals surface area contributed by atoms with Crippen LogP contribution in [-0.4, -0.2) is 5.24 Å². The summed E-state index contributed by atoms with van der Waals surface area (Å²) in [5.74, 6) is 0. The molecule has 1 nitrogen and oxygen atoms in total. The summed E-state index contributed by atoms with van der Waals surface area (Å²) in [6.07, 6.45) is 0. The van der Waals surface area contributed by atoms with Crippen LogP contribution in [0.15, 0.2) is 12.1 Å². The quantitative estimate of drug-likeness (QED) is 0.263. The number of carbonyl (C=O) groups is 1. The van der Waals surface area contributed by atoms with Crippen molar-refractivity contribution in [3.8, 4) is 0 Å². The standard InChI is InChI=1S/C7H2ClI3O.2ClH/c8-7(12)4-1-3(9)2-5(10)6(4)11;;/h1-2H;2*1H. The lowest BCUT2D eigenvalue weighted by molar-refractivity contribution is 0.108. The predicted molar refractivity (Wildman–Crippen MR) is 89.3 cm³/mol. The van der Waals surface area contributed by atoms with Crippen molar-refractivity contribution in [3.05, 3.63) is 28.4 Å². The average molecular weight is 591 g/mol. The van der Waals surface area contributed by atoms with Gasteiger partial charge in [-0.2, -0.15) is 0 Å². The lowest BCUT2D eigenvalue weighted by atomic mass is 10.2. The van der Waals surface area contributed by atoms with Crippen LogP contribution in [0.1, 0.15) is 10.4 Å².